The summed E-state index contributed by atoms with van der Waals surface area (Å²) < 4.78 is 5.69. The smallest absolute Gasteiger partial charge is 0.355 e. The van der Waals surface area contributed by atoms with Gasteiger partial charge in [0, 0.05) is 16.7 Å². The van der Waals surface area contributed by atoms with E-state index in [9.17, 15) is 9.59 Å². The topological polar surface area (TPSA) is 71.2 Å². The van der Waals surface area contributed by atoms with E-state index in [0.717, 1.165) is 17.3 Å². The molecular weight excluding hydrogens is 324 g/mol. The fourth-order valence-corrected chi connectivity index (χ4v) is 2.01. The summed E-state index contributed by atoms with van der Waals surface area (Å²) in [5, 5.41) is 2.81. The van der Waals surface area contributed by atoms with Crippen molar-refractivity contribution in [1.82, 2.24) is 10.3 Å². The maximum Gasteiger partial charge on any atom is 0.355 e. The molecule has 0 radical (unpaired) electrons. The van der Waals surface area contributed by atoms with Crippen LogP contribution in [-0.2, 0) is 9.53 Å². The maximum atomic E-state index is 11.6. The van der Waals surface area contributed by atoms with E-state index in [1.807, 2.05) is 6.92 Å². The van der Waals surface area contributed by atoms with Gasteiger partial charge in [-0.05, 0) is 47.7 Å². The summed E-state index contributed by atoms with van der Waals surface area (Å²) in [6.45, 7) is 5.97. The van der Waals surface area contributed by atoms with Crippen molar-refractivity contribution in [3.8, 4) is 0 Å². The molecule has 1 atom stereocenters. The monoisotopic (exact) mass is 344 g/mol. The van der Waals surface area contributed by atoms with Crippen molar-refractivity contribution in [3.05, 3.63) is 22.4 Å². The van der Waals surface area contributed by atoms with Gasteiger partial charge in [0.05, 0.1) is 0 Å². The molecule has 0 aliphatic rings. The van der Waals surface area contributed by atoms with Gasteiger partial charge in [0.1, 0.15) is 5.69 Å². The van der Waals surface area contributed by atoms with Crippen molar-refractivity contribution in [3.63, 3.8) is 0 Å². The van der Waals surface area contributed by atoms with Crippen LogP contribution in [0, 0.1) is 5.92 Å². The molecule has 1 rings (SSSR count). The minimum absolute atomic E-state index is 0.0863. The zero-order valence-electron chi connectivity index (χ0n) is 12.0. The Labute approximate surface area is 127 Å². The van der Waals surface area contributed by atoms with Gasteiger partial charge in [0.2, 0.25) is 0 Å². The number of rotatable bonds is 7. The van der Waals surface area contributed by atoms with Gasteiger partial charge in [-0.3, -0.25) is 4.79 Å². The molecule has 0 saturated carbocycles. The van der Waals surface area contributed by atoms with Crippen LogP contribution in [0.3, 0.4) is 0 Å². The van der Waals surface area contributed by atoms with Crippen molar-refractivity contribution in [2.75, 3.05) is 6.61 Å². The largest absolute Gasteiger partial charge is 0.451 e. The van der Waals surface area contributed by atoms with E-state index in [1.165, 1.54) is 0 Å². The number of carbonyl (C=O) groups is 2. The highest BCUT2D eigenvalue weighted by Gasteiger charge is 2.13. The molecule has 0 aromatic carbocycles. The molecule has 0 aliphatic heterocycles. The summed E-state index contributed by atoms with van der Waals surface area (Å²) >= 11 is 3.22. The van der Waals surface area contributed by atoms with Crippen LogP contribution in [0.2, 0.25) is 0 Å². The Bertz CT molecular complexity index is 457. The lowest BCUT2D eigenvalue weighted by molar-refractivity contribution is -0.124. The van der Waals surface area contributed by atoms with Gasteiger partial charge in [-0.1, -0.05) is 13.8 Å². The molecular formula is C14H21BrN2O3. The minimum Gasteiger partial charge on any atom is -0.451 e. The number of carbonyl (C=O) groups excluding carboxylic acids is 2. The van der Waals surface area contributed by atoms with E-state index in [0.29, 0.717) is 11.6 Å². The zero-order chi connectivity index (χ0) is 15.1. The lowest BCUT2D eigenvalue weighted by atomic mass is 10.0. The summed E-state index contributed by atoms with van der Waals surface area (Å²) in [7, 11) is 0. The van der Waals surface area contributed by atoms with Gasteiger partial charge in [-0.15, -0.1) is 0 Å². The van der Waals surface area contributed by atoms with Crippen LogP contribution >= 0.6 is 15.9 Å². The molecule has 0 fully saturated rings. The number of halogens is 1. The molecule has 0 bridgehead atoms. The highest BCUT2D eigenvalue weighted by molar-refractivity contribution is 9.10. The Morgan fingerprint density at radius 2 is 2.05 bits per heavy atom. The average molecular weight is 345 g/mol. The lowest BCUT2D eigenvalue weighted by Crippen LogP contribution is -2.36. The predicted octanol–water partition coefficient (Wildman–Crippen LogP) is 2.87. The number of aromatic nitrogens is 1. The first kappa shape index (κ1) is 16.8. The maximum absolute atomic E-state index is 11.6. The number of amides is 1. The molecule has 0 aliphatic carbocycles. The number of nitrogens with one attached hydrogen (secondary N) is 2. The second-order valence-corrected chi connectivity index (χ2v) is 6.16. The second-order valence-electron chi connectivity index (χ2n) is 5.25. The highest BCUT2D eigenvalue weighted by atomic mass is 79.9. The van der Waals surface area contributed by atoms with Crippen LogP contribution in [-0.4, -0.2) is 29.5 Å². The Kier molecular flexibility index (Phi) is 6.78. The Hall–Kier alpha value is -1.30. The SMILES string of the molecule is CC(C)CCC(C)NC(=O)COC(=O)c1cc(Br)c[nH]1. The number of hydrogen-bond acceptors (Lipinski definition) is 3. The lowest BCUT2D eigenvalue weighted by Gasteiger charge is -2.14. The van der Waals surface area contributed by atoms with Crippen molar-refractivity contribution < 1.29 is 14.3 Å². The molecule has 0 saturated heterocycles. The van der Waals surface area contributed by atoms with Gasteiger partial charge < -0.3 is 15.0 Å². The first-order valence-corrected chi connectivity index (χ1v) is 7.48. The normalized spacial score (nSPS) is 12.2. The molecule has 1 aromatic rings. The molecule has 5 nitrogen and oxygen atoms in total. The number of ether oxygens (including phenoxy) is 1. The van der Waals surface area contributed by atoms with Crippen LogP contribution in [0.25, 0.3) is 0 Å². The average Bonchev–Trinajstić information content (AvgIpc) is 2.80. The van der Waals surface area contributed by atoms with E-state index < -0.39 is 5.97 Å². The molecule has 6 heteroatoms. The van der Waals surface area contributed by atoms with Crippen molar-refractivity contribution >= 4 is 27.8 Å². The number of hydrogen-bond donors (Lipinski definition) is 2. The molecule has 112 valence electrons. The highest BCUT2D eigenvalue weighted by Crippen LogP contribution is 2.11. The Balaban J connectivity index is 2.27. The molecule has 0 spiro atoms. The van der Waals surface area contributed by atoms with Crippen molar-refractivity contribution in [1.29, 1.82) is 0 Å². The van der Waals surface area contributed by atoms with E-state index in [2.05, 4.69) is 40.1 Å². The van der Waals surface area contributed by atoms with E-state index in [1.54, 1.807) is 12.3 Å². The third-order valence-electron chi connectivity index (χ3n) is 2.79. The van der Waals surface area contributed by atoms with Crippen LogP contribution in [0.4, 0.5) is 0 Å². The Morgan fingerprint density at radius 1 is 1.35 bits per heavy atom. The fourth-order valence-electron chi connectivity index (χ4n) is 1.67. The van der Waals surface area contributed by atoms with Gasteiger partial charge in [-0.25, -0.2) is 4.79 Å². The molecule has 2 N–H and O–H groups in total. The summed E-state index contributed by atoms with van der Waals surface area (Å²) in [6, 6.07) is 1.69. The third kappa shape index (κ3) is 6.23. The quantitative estimate of drug-likeness (QED) is 0.747. The predicted molar refractivity (Wildman–Crippen MR) is 80.5 cm³/mol. The second kappa shape index (κ2) is 8.09. The summed E-state index contributed by atoms with van der Waals surface area (Å²) in [4.78, 5) is 26.0. The van der Waals surface area contributed by atoms with E-state index in [-0.39, 0.29) is 18.6 Å². The summed E-state index contributed by atoms with van der Waals surface area (Å²) in [6.07, 6.45) is 3.60. The van der Waals surface area contributed by atoms with Gasteiger partial charge in [0.15, 0.2) is 6.61 Å². The molecule has 1 amide bonds. The van der Waals surface area contributed by atoms with E-state index in [4.69, 9.17) is 4.74 Å². The van der Waals surface area contributed by atoms with Crippen LogP contribution < -0.4 is 5.32 Å². The van der Waals surface area contributed by atoms with Gasteiger partial charge in [-0.2, -0.15) is 0 Å². The van der Waals surface area contributed by atoms with Gasteiger partial charge in [0.25, 0.3) is 5.91 Å². The van der Waals surface area contributed by atoms with E-state index >= 15 is 0 Å². The third-order valence-corrected chi connectivity index (χ3v) is 3.24. The van der Waals surface area contributed by atoms with Gasteiger partial charge >= 0.3 is 5.97 Å². The molecule has 1 unspecified atom stereocenters. The van der Waals surface area contributed by atoms with Crippen LogP contribution in [0.15, 0.2) is 16.7 Å². The first-order valence-electron chi connectivity index (χ1n) is 6.69. The van der Waals surface area contributed by atoms with Crippen LogP contribution in [0.5, 0.6) is 0 Å². The molecule has 1 aromatic heterocycles. The first-order chi connectivity index (χ1) is 9.38. The van der Waals surface area contributed by atoms with Crippen molar-refractivity contribution in [2.24, 2.45) is 5.92 Å². The fraction of sp³-hybridized carbons (Fsp3) is 0.571. The van der Waals surface area contributed by atoms with Crippen molar-refractivity contribution in [2.45, 2.75) is 39.7 Å². The molecule has 1 heterocycles. The summed E-state index contributed by atoms with van der Waals surface area (Å²) in [5.74, 6) is -0.209. The Morgan fingerprint density at radius 3 is 2.60 bits per heavy atom. The number of aromatic amines is 1. The number of H-pyrrole nitrogens is 1. The number of esters is 1. The zero-order valence-corrected chi connectivity index (χ0v) is 13.6. The standard InChI is InChI=1S/C14H21BrN2O3/c1-9(2)4-5-10(3)17-13(18)8-20-14(19)12-6-11(15)7-16-12/h6-7,9-10,16H,4-5,8H2,1-3H3,(H,17,18). The summed E-state index contributed by atoms with van der Waals surface area (Å²) in [5.41, 5.74) is 0.317. The van der Waals surface area contributed by atoms with Crippen LogP contribution in [0.1, 0.15) is 44.1 Å². The molecule has 20 heavy (non-hydrogen) atoms. The minimum atomic E-state index is -0.541.